The summed E-state index contributed by atoms with van der Waals surface area (Å²) in [6, 6.07) is 9.83. The van der Waals surface area contributed by atoms with Crippen LogP contribution in [0.15, 0.2) is 42.7 Å². The highest BCUT2D eigenvalue weighted by molar-refractivity contribution is 5.36. The minimum absolute atomic E-state index is 0.672. The summed E-state index contributed by atoms with van der Waals surface area (Å²) in [5.74, 6) is 1.53. The van der Waals surface area contributed by atoms with E-state index in [1.165, 1.54) is 5.56 Å². The first-order chi connectivity index (χ1) is 9.38. The van der Waals surface area contributed by atoms with Gasteiger partial charge in [-0.2, -0.15) is 4.98 Å². The van der Waals surface area contributed by atoms with Crippen molar-refractivity contribution in [3.05, 3.63) is 48.3 Å². The highest BCUT2D eigenvalue weighted by Crippen LogP contribution is 2.11. The first-order valence-corrected chi connectivity index (χ1v) is 6.61. The van der Waals surface area contributed by atoms with Crippen LogP contribution in [0.1, 0.15) is 18.9 Å². The fourth-order valence-corrected chi connectivity index (χ4v) is 1.78. The van der Waals surface area contributed by atoms with Gasteiger partial charge in [-0.15, -0.1) is 0 Å². The Balaban J connectivity index is 1.75. The van der Waals surface area contributed by atoms with Crippen LogP contribution in [-0.2, 0) is 6.42 Å². The second kappa shape index (κ2) is 7.36. The van der Waals surface area contributed by atoms with Crippen LogP contribution >= 0.6 is 0 Å². The minimum atomic E-state index is 0.672. The lowest BCUT2D eigenvalue weighted by molar-refractivity contribution is 0.299. The van der Waals surface area contributed by atoms with Gasteiger partial charge in [-0.3, -0.25) is 4.98 Å². The number of nitrogens with one attached hydrogen (secondary N) is 1. The fourth-order valence-electron chi connectivity index (χ4n) is 1.78. The summed E-state index contributed by atoms with van der Waals surface area (Å²) in [5, 5.41) is 3.17. The third-order valence-electron chi connectivity index (χ3n) is 2.69. The fraction of sp³-hybridized carbons (Fsp3) is 0.333. The summed E-state index contributed by atoms with van der Waals surface area (Å²) in [5.41, 5.74) is 1.29. The van der Waals surface area contributed by atoms with Gasteiger partial charge in [-0.25, -0.2) is 0 Å². The van der Waals surface area contributed by atoms with Crippen molar-refractivity contribution >= 4 is 5.82 Å². The zero-order chi connectivity index (χ0) is 13.3. The molecule has 0 aliphatic rings. The molecule has 0 saturated heterocycles. The monoisotopic (exact) mass is 257 g/mol. The Bertz CT molecular complexity index is 488. The van der Waals surface area contributed by atoms with Gasteiger partial charge in [0.2, 0.25) is 5.88 Å². The molecule has 2 rings (SSSR count). The zero-order valence-corrected chi connectivity index (χ0v) is 11.2. The number of pyridine rings is 2. The average molecular weight is 257 g/mol. The van der Waals surface area contributed by atoms with E-state index in [2.05, 4.69) is 15.3 Å². The van der Waals surface area contributed by atoms with Crippen molar-refractivity contribution < 1.29 is 4.74 Å². The summed E-state index contributed by atoms with van der Waals surface area (Å²) < 4.78 is 5.65. The molecule has 0 aliphatic carbocycles. The number of aromatic nitrogens is 2. The molecule has 19 heavy (non-hydrogen) atoms. The lowest BCUT2D eigenvalue weighted by atomic mass is 10.1. The predicted octanol–water partition coefficient (Wildman–Crippen LogP) is 2.92. The van der Waals surface area contributed by atoms with Gasteiger partial charge in [0.05, 0.1) is 6.61 Å². The molecule has 0 aliphatic heterocycles. The number of hydrogen-bond acceptors (Lipinski definition) is 4. The molecule has 0 radical (unpaired) electrons. The minimum Gasteiger partial charge on any atom is -0.478 e. The van der Waals surface area contributed by atoms with Gasteiger partial charge >= 0.3 is 0 Å². The average Bonchev–Trinajstić information content (AvgIpc) is 2.46. The Morgan fingerprint density at radius 1 is 1.16 bits per heavy atom. The van der Waals surface area contributed by atoms with Crippen LogP contribution in [-0.4, -0.2) is 23.1 Å². The number of hydrogen-bond donors (Lipinski definition) is 1. The van der Waals surface area contributed by atoms with Crippen LogP contribution in [0, 0.1) is 0 Å². The maximum absolute atomic E-state index is 5.65. The van der Waals surface area contributed by atoms with Crippen molar-refractivity contribution in [2.45, 2.75) is 19.8 Å². The molecule has 2 aromatic heterocycles. The molecule has 0 atom stereocenters. The standard InChI is InChI=1S/C15H19N3O/c1-2-17-14-6-3-7-15(18-14)19-12-4-5-13-8-10-16-11-9-13/h3,6-11H,2,4-5,12H2,1H3,(H,17,18). The van der Waals surface area contributed by atoms with E-state index >= 15 is 0 Å². The van der Waals surface area contributed by atoms with Crippen molar-refractivity contribution in [3.63, 3.8) is 0 Å². The third-order valence-corrected chi connectivity index (χ3v) is 2.69. The molecule has 1 N–H and O–H groups in total. The SMILES string of the molecule is CCNc1cccc(OCCCc2ccncc2)n1. The number of rotatable bonds is 7. The van der Waals surface area contributed by atoms with Crippen LogP contribution in [0.2, 0.25) is 0 Å². The van der Waals surface area contributed by atoms with E-state index in [1.807, 2.05) is 49.6 Å². The summed E-state index contributed by atoms with van der Waals surface area (Å²) in [4.78, 5) is 8.36. The second-order valence-corrected chi connectivity index (χ2v) is 4.20. The lowest BCUT2D eigenvalue weighted by Gasteiger charge is -2.07. The first kappa shape index (κ1) is 13.3. The van der Waals surface area contributed by atoms with Crippen LogP contribution in [0.5, 0.6) is 5.88 Å². The molecule has 4 nitrogen and oxygen atoms in total. The van der Waals surface area contributed by atoms with Gasteiger partial charge in [-0.05, 0) is 43.5 Å². The molecule has 0 saturated carbocycles. The quantitative estimate of drug-likeness (QED) is 0.775. The van der Waals surface area contributed by atoms with Gasteiger partial charge < -0.3 is 10.1 Å². The van der Waals surface area contributed by atoms with Gasteiger partial charge in [0.15, 0.2) is 0 Å². The Kier molecular flexibility index (Phi) is 5.17. The van der Waals surface area contributed by atoms with Crippen molar-refractivity contribution in [2.75, 3.05) is 18.5 Å². The van der Waals surface area contributed by atoms with Crippen LogP contribution < -0.4 is 10.1 Å². The smallest absolute Gasteiger partial charge is 0.215 e. The van der Waals surface area contributed by atoms with E-state index in [9.17, 15) is 0 Å². The molecular weight excluding hydrogens is 238 g/mol. The van der Waals surface area contributed by atoms with Crippen molar-refractivity contribution in [2.24, 2.45) is 0 Å². The molecule has 4 heteroatoms. The molecule has 0 fully saturated rings. The molecule has 2 heterocycles. The normalized spacial score (nSPS) is 10.2. The predicted molar refractivity (Wildman–Crippen MR) is 76.5 cm³/mol. The van der Waals surface area contributed by atoms with Gasteiger partial charge in [0.1, 0.15) is 5.82 Å². The summed E-state index contributed by atoms with van der Waals surface area (Å²) in [6.45, 7) is 3.58. The Morgan fingerprint density at radius 3 is 2.79 bits per heavy atom. The lowest BCUT2D eigenvalue weighted by Crippen LogP contribution is -2.03. The largest absolute Gasteiger partial charge is 0.478 e. The van der Waals surface area contributed by atoms with E-state index in [0.29, 0.717) is 12.5 Å². The van der Waals surface area contributed by atoms with Crippen molar-refractivity contribution in [1.82, 2.24) is 9.97 Å². The van der Waals surface area contributed by atoms with E-state index < -0.39 is 0 Å². The maximum Gasteiger partial charge on any atom is 0.215 e. The van der Waals surface area contributed by atoms with E-state index in [1.54, 1.807) is 0 Å². The van der Waals surface area contributed by atoms with Crippen LogP contribution in [0.25, 0.3) is 0 Å². The van der Waals surface area contributed by atoms with Crippen molar-refractivity contribution in [1.29, 1.82) is 0 Å². The zero-order valence-electron chi connectivity index (χ0n) is 11.2. The highest BCUT2D eigenvalue weighted by Gasteiger charge is 1.98. The molecular formula is C15H19N3O. The maximum atomic E-state index is 5.65. The van der Waals surface area contributed by atoms with Gasteiger partial charge in [-0.1, -0.05) is 6.07 Å². The molecule has 2 aromatic rings. The summed E-state index contributed by atoms with van der Waals surface area (Å²) in [6.07, 6.45) is 5.60. The highest BCUT2D eigenvalue weighted by atomic mass is 16.5. The summed E-state index contributed by atoms with van der Waals surface area (Å²) >= 11 is 0. The summed E-state index contributed by atoms with van der Waals surface area (Å²) in [7, 11) is 0. The molecule has 100 valence electrons. The van der Waals surface area contributed by atoms with E-state index in [4.69, 9.17) is 4.74 Å². The van der Waals surface area contributed by atoms with Gasteiger partial charge in [0.25, 0.3) is 0 Å². The number of anilines is 1. The van der Waals surface area contributed by atoms with Crippen LogP contribution in [0.4, 0.5) is 5.82 Å². The molecule has 0 spiro atoms. The Labute approximate surface area is 113 Å². The van der Waals surface area contributed by atoms with E-state index in [0.717, 1.165) is 25.2 Å². The van der Waals surface area contributed by atoms with Crippen molar-refractivity contribution in [3.8, 4) is 5.88 Å². The number of ether oxygens (including phenoxy) is 1. The van der Waals surface area contributed by atoms with Gasteiger partial charge in [0, 0.05) is 25.0 Å². The molecule has 0 unspecified atom stereocenters. The molecule has 0 aromatic carbocycles. The third kappa shape index (κ3) is 4.58. The van der Waals surface area contributed by atoms with Crippen LogP contribution in [0.3, 0.4) is 0 Å². The molecule has 0 bridgehead atoms. The number of aryl methyl sites for hydroxylation is 1. The topological polar surface area (TPSA) is 47.0 Å². The Morgan fingerprint density at radius 2 is 2.00 bits per heavy atom. The first-order valence-electron chi connectivity index (χ1n) is 6.61. The Hall–Kier alpha value is -2.10. The van der Waals surface area contributed by atoms with E-state index in [-0.39, 0.29) is 0 Å². The molecule has 0 amide bonds. The second-order valence-electron chi connectivity index (χ2n) is 4.20. The number of nitrogens with zero attached hydrogens (tertiary/aromatic N) is 2.